The highest BCUT2D eigenvalue weighted by Gasteiger charge is 2.45. The fourth-order valence-corrected chi connectivity index (χ4v) is 5.00. The van der Waals surface area contributed by atoms with E-state index in [1.54, 1.807) is 37.4 Å². The molecule has 1 fully saturated rings. The normalized spacial score (nSPS) is 21.8. The monoisotopic (exact) mass is 458 g/mol. The maximum atomic E-state index is 13.7. The van der Waals surface area contributed by atoms with Crippen molar-refractivity contribution in [3.05, 3.63) is 63.8 Å². The lowest BCUT2D eigenvalue weighted by atomic mass is 9.91. The first-order chi connectivity index (χ1) is 14.8. The number of rotatable bonds is 4. The molecule has 2 aromatic carbocycles. The summed E-state index contributed by atoms with van der Waals surface area (Å²) in [6, 6.07) is 12.0. The zero-order valence-corrected chi connectivity index (χ0v) is 19.2. The predicted octanol–water partition coefficient (Wildman–Crippen LogP) is 5.26. The number of carbonyl (C=O) groups excluding carboxylic acids is 2. The third-order valence-electron chi connectivity index (χ3n) is 5.77. The highest BCUT2D eigenvalue weighted by atomic mass is 35.5. The molecule has 0 spiro atoms. The molecule has 162 valence electrons. The van der Waals surface area contributed by atoms with Gasteiger partial charge in [0.1, 0.15) is 11.4 Å². The van der Waals surface area contributed by atoms with Gasteiger partial charge in [-0.25, -0.2) is 4.90 Å². The molecule has 2 amide bonds. The quantitative estimate of drug-likeness (QED) is 0.585. The first-order valence-corrected chi connectivity index (χ1v) is 11.0. The first-order valence-electron chi connectivity index (χ1n) is 10.3. The molecule has 2 atom stereocenters. The van der Waals surface area contributed by atoms with Crippen molar-refractivity contribution in [3.63, 3.8) is 0 Å². The molecule has 0 bridgehead atoms. The standard InChI is InChI=1S/C24H24Cl2N2O3/c1-14-10-15(2)13-27(12-14)22-21(17-6-4-5-7-20(17)31-3)23(29)28(24(22)30)19-11-16(25)8-9-18(19)26/h4-9,11,14-15H,10,12-13H2,1-3H3. The number of piperidine rings is 1. The summed E-state index contributed by atoms with van der Waals surface area (Å²) in [7, 11) is 1.55. The Morgan fingerprint density at radius 1 is 0.968 bits per heavy atom. The fourth-order valence-electron chi connectivity index (χ4n) is 4.63. The van der Waals surface area contributed by atoms with Crippen LogP contribution in [0.1, 0.15) is 25.8 Å². The van der Waals surface area contributed by atoms with Crippen LogP contribution in [-0.4, -0.2) is 36.9 Å². The molecule has 0 radical (unpaired) electrons. The van der Waals surface area contributed by atoms with Crippen LogP contribution >= 0.6 is 23.2 Å². The Kier molecular flexibility index (Phi) is 6.00. The lowest BCUT2D eigenvalue weighted by Gasteiger charge is -2.37. The van der Waals surface area contributed by atoms with Crippen LogP contribution in [-0.2, 0) is 9.59 Å². The van der Waals surface area contributed by atoms with Crippen LogP contribution in [0.5, 0.6) is 5.75 Å². The van der Waals surface area contributed by atoms with E-state index in [1.807, 2.05) is 17.0 Å². The SMILES string of the molecule is COc1ccccc1C1=C(N2CC(C)CC(C)C2)C(=O)N(c2cc(Cl)ccc2Cl)C1=O. The van der Waals surface area contributed by atoms with Crippen molar-refractivity contribution < 1.29 is 14.3 Å². The van der Waals surface area contributed by atoms with E-state index in [1.165, 1.54) is 0 Å². The van der Waals surface area contributed by atoms with Crippen LogP contribution in [0.25, 0.3) is 5.57 Å². The van der Waals surface area contributed by atoms with Crippen LogP contribution in [0.15, 0.2) is 48.2 Å². The third kappa shape index (κ3) is 3.92. The van der Waals surface area contributed by atoms with Crippen molar-refractivity contribution in [2.75, 3.05) is 25.1 Å². The fraction of sp³-hybridized carbons (Fsp3) is 0.333. The molecule has 2 heterocycles. The molecule has 2 aliphatic rings. The van der Waals surface area contributed by atoms with Gasteiger partial charge in [0.05, 0.1) is 23.4 Å². The van der Waals surface area contributed by atoms with E-state index in [0.717, 1.165) is 11.3 Å². The van der Waals surface area contributed by atoms with Gasteiger partial charge in [-0.2, -0.15) is 0 Å². The van der Waals surface area contributed by atoms with Crippen molar-refractivity contribution >= 4 is 46.3 Å². The van der Waals surface area contributed by atoms with Crippen LogP contribution in [0.4, 0.5) is 5.69 Å². The molecule has 2 aromatic rings. The average Bonchev–Trinajstić information content (AvgIpc) is 2.99. The van der Waals surface area contributed by atoms with Gasteiger partial charge in [-0.1, -0.05) is 55.2 Å². The first kappa shape index (κ1) is 21.7. The maximum absolute atomic E-state index is 13.7. The molecule has 31 heavy (non-hydrogen) atoms. The number of likely N-dealkylation sites (tertiary alicyclic amines) is 1. The summed E-state index contributed by atoms with van der Waals surface area (Å²) in [5, 5.41) is 0.680. The molecule has 0 aromatic heterocycles. The zero-order chi connectivity index (χ0) is 22.3. The van der Waals surface area contributed by atoms with E-state index in [4.69, 9.17) is 27.9 Å². The topological polar surface area (TPSA) is 49.9 Å². The average molecular weight is 459 g/mol. The molecule has 2 unspecified atom stereocenters. The summed E-state index contributed by atoms with van der Waals surface area (Å²) in [4.78, 5) is 30.6. The van der Waals surface area contributed by atoms with Gasteiger partial charge in [0, 0.05) is 23.7 Å². The molecule has 2 aliphatic heterocycles. The smallest absolute Gasteiger partial charge is 0.282 e. The van der Waals surface area contributed by atoms with E-state index in [2.05, 4.69) is 13.8 Å². The number of para-hydroxylation sites is 1. The lowest BCUT2D eigenvalue weighted by Crippen LogP contribution is -2.42. The molecule has 0 aliphatic carbocycles. The summed E-state index contributed by atoms with van der Waals surface area (Å²) in [5.41, 5.74) is 1.60. The van der Waals surface area contributed by atoms with Gasteiger partial charge in [0.25, 0.3) is 11.8 Å². The Bertz CT molecular complexity index is 1070. The van der Waals surface area contributed by atoms with Crippen LogP contribution < -0.4 is 9.64 Å². The molecule has 0 N–H and O–H groups in total. The molecular weight excluding hydrogens is 435 g/mol. The van der Waals surface area contributed by atoms with Gasteiger partial charge >= 0.3 is 0 Å². The number of imide groups is 1. The highest BCUT2D eigenvalue weighted by molar-refractivity contribution is 6.48. The van der Waals surface area contributed by atoms with Gasteiger partial charge in [-0.15, -0.1) is 0 Å². The Hall–Kier alpha value is -2.50. The number of ether oxygens (including phenoxy) is 1. The predicted molar refractivity (Wildman–Crippen MR) is 123 cm³/mol. The Morgan fingerprint density at radius 3 is 2.32 bits per heavy atom. The summed E-state index contributed by atoms with van der Waals surface area (Å²) >= 11 is 12.5. The third-order valence-corrected chi connectivity index (χ3v) is 6.32. The molecule has 1 saturated heterocycles. The minimum atomic E-state index is -0.431. The number of hydrogen-bond donors (Lipinski definition) is 0. The van der Waals surface area contributed by atoms with Crippen LogP contribution in [0.3, 0.4) is 0 Å². The minimum absolute atomic E-state index is 0.282. The molecule has 5 nitrogen and oxygen atoms in total. The van der Waals surface area contributed by atoms with E-state index in [-0.39, 0.29) is 10.7 Å². The van der Waals surface area contributed by atoms with E-state index >= 15 is 0 Å². The van der Waals surface area contributed by atoms with Gasteiger partial charge in [0.15, 0.2) is 0 Å². The van der Waals surface area contributed by atoms with Crippen molar-refractivity contribution in [2.45, 2.75) is 20.3 Å². The van der Waals surface area contributed by atoms with Crippen molar-refractivity contribution in [2.24, 2.45) is 11.8 Å². The van der Waals surface area contributed by atoms with Gasteiger partial charge in [-0.3, -0.25) is 9.59 Å². The second-order valence-corrected chi connectivity index (χ2v) is 9.16. The van der Waals surface area contributed by atoms with Crippen LogP contribution in [0, 0.1) is 11.8 Å². The van der Waals surface area contributed by atoms with Gasteiger partial charge in [-0.05, 0) is 42.5 Å². The van der Waals surface area contributed by atoms with Crippen molar-refractivity contribution in [1.82, 2.24) is 4.90 Å². The number of nitrogens with zero attached hydrogens (tertiary/aromatic N) is 2. The summed E-state index contributed by atoms with van der Waals surface area (Å²) < 4.78 is 5.52. The van der Waals surface area contributed by atoms with Gasteiger partial charge < -0.3 is 9.64 Å². The summed E-state index contributed by atoms with van der Waals surface area (Å²) in [6.45, 7) is 5.74. The number of benzene rings is 2. The van der Waals surface area contributed by atoms with E-state index < -0.39 is 11.8 Å². The Balaban J connectivity index is 1.90. The number of methoxy groups -OCH3 is 1. The molecular formula is C24H24Cl2N2O3. The second kappa shape index (κ2) is 8.56. The van der Waals surface area contributed by atoms with E-state index in [9.17, 15) is 9.59 Å². The van der Waals surface area contributed by atoms with E-state index in [0.29, 0.717) is 52.5 Å². The lowest BCUT2D eigenvalue weighted by molar-refractivity contribution is -0.120. The molecule has 0 saturated carbocycles. The number of halogens is 2. The zero-order valence-electron chi connectivity index (χ0n) is 17.7. The summed E-state index contributed by atoms with van der Waals surface area (Å²) in [6.07, 6.45) is 1.08. The number of anilines is 1. The molecule has 4 rings (SSSR count). The van der Waals surface area contributed by atoms with Crippen molar-refractivity contribution in [3.8, 4) is 5.75 Å². The maximum Gasteiger partial charge on any atom is 0.282 e. The van der Waals surface area contributed by atoms with Crippen molar-refractivity contribution in [1.29, 1.82) is 0 Å². The Morgan fingerprint density at radius 2 is 1.65 bits per heavy atom. The number of amides is 2. The number of hydrogen-bond acceptors (Lipinski definition) is 4. The molecule has 7 heteroatoms. The van der Waals surface area contributed by atoms with Gasteiger partial charge in [0.2, 0.25) is 0 Å². The minimum Gasteiger partial charge on any atom is -0.496 e. The summed E-state index contributed by atoms with van der Waals surface area (Å²) in [5.74, 6) is 0.521. The number of carbonyl (C=O) groups is 2. The second-order valence-electron chi connectivity index (χ2n) is 8.32. The van der Waals surface area contributed by atoms with Crippen LogP contribution in [0.2, 0.25) is 10.0 Å². The largest absolute Gasteiger partial charge is 0.496 e. The highest BCUT2D eigenvalue weighted by Crippen LogP contribution is 2.42. The Labute approximate surface area is 192 Å².